The van der Waals surface area contributed by atoms with Gasteiger partial charge in [0.15, 0.2) is 0 Å². The number of halogens is 2. The summed E-state index contributed by atoms with van der Waals surface area (Å²) in [5.41, 5.74) is 0.794. The van der Waals surface area contributed by atoms with Gasteiger partial charge in [-0.2, -0.15) is 5.10 Å². The summed E-state index contributed by atoms with van der Waals surface area (Å²) in [6, 6.07) is 9.03. The molecule has 3 atom stereocenters. The molecule has 1 aliphatic heterocycles. The number of aliphatic hydroxyl groups excluding tert-OH is 1. The summed E-state index contributed by atoms with van der Waals surface area (Å²) in [4.78, 5) is 15.4. The highest BCUT2D eigenvalue weighted by Gasteiger charge is 2.43. The Balaban J connectivity index is 1.37. The van der Waals surface area contributed by atoms with E-state index in [4.69, 9.17) is 0 Å². The molecule has 0 bridgehead atoms. The van der Waals surface area contributed by atoms with Gasteiger partial charge in [0.05, 0.1) is 29.4 Å². The fourth-order valence-electron chi connectivity index (χ4n) is 5.66. The predicted octanol–water partition coefficient (Wildman–Crippen LogP) is 3.85. The van der Waals surface area contributed by atoms with Gasteiger partial charge in [-0.3, -0.25) is 9.69 Å². The van der Waals surface area contributed by atoms with E-state index in [0.717, 1.165) is 38.3 Å². The van der Waals surface area contributed by atoms with Gasteiger partial charge in [0.25, 0.3) is 5.91 Å². The molecule has 0 radical (unpaired) electrons. The van der Waals surface area contributed by atoms with E-state index in [2.05, 4.69) is 15.3 Å². The van der Waals surface area contributed by atoms with E-state index >= 15 is 0 Å². The van der Waals surface area contributed by atoms with Crippen LogP contribution in [0, 0.1) is 11.6 Å². The molecular weight excluding hydrogens is 426 g/mol. The van der Waals surface area contributed by atoms with Gasteiger partial charge < -0.3 is 10.4 Å². The van der Waals surface area contributed by atoms with Crippen molar-refractivity contribution >= 4 is 11.4 Å². The second-order valence-corrected chi connectivity index (χ2v) is 9.29. The summed E-state index contributed by atoms with van der Waals surface area (Å²) < 4.78 is 30.0. The molecule has 6 nitrogen and oxygen atoms in total. The smallest absolute Gasteiger partial charge is 0.255 e. The van der Waals surface area contributed by atoms with Crippen LogP contribution in [0.2, 0.25) is 0 Å². The van der Waals surface area contributed by atoms with E-state index in [1.165, 1.54) is 12.1 Å². The minimum Gasteiger partial charge on any atom is -0.394 e. The highest BCUT2D eigenvalue weighted by Crippen LogP contribution is 2.41. The Morgan fingerprint density at radius 1 is 1.21 bits per heavy atom. The van der Waals surface area contributed by atoms with Crippen molar-refractivity contribution in [2.45, 2.75) is 56.1 Å². The maximum atomic E-state index is 14.5. The number of carbonyl (C=O) groups is 1. The number of pyridine rings is 1. The van der Waals surface area contributed by atoms with Gasteiger partial charge in [-0.25, -0.2) is 13.3 Å². The van der Waals surface area contributed by atoms with Gasteiger partial charge in [-0.1, -0.05) is 6.07 Å². The molecular formula is C25H28F2N4O2. The molecule has 2 fully saturated rings. The van der Waals surface area contributed by atoms with Crippen molar-refractivity contribution in [3.8, 4) is 0 Å². The van der Waals surface area contributed by atoms with Crippen LogP contribution in [-0.4, -0.2) is 50.3 Å². The molecule has 0 unspecified atom stereocenters. The molecule has 1 saturated heterocycles. The maximum Gasteiger partial charge on any atom is 0.255 e. The second-order valence-electron chi connectivity index (χ2n) is 9.29. The van der Waals surface area contributed by atoms with Crippen LogP contribution in [0.15, 0.2) is 48.8 Å². The highest BCUT2D eigenvalue weighted by molar-refractivity contribution is 6.01. The van der Waals surface area contributed by atoms with Crippen molar-refractivity contribution in [2.24, 2.45) is 0 Å². The van der Waals surface area contributed by atoms with E-state index < -0.39 is 11.4 Å². The summed E-state index contributed by atoms with van der Waals surface area (Å²) in [7, 11) is 0. The Morgan fingerprint density at radius 3 is 2.94 bits per heavy atom. The molecule has 5 rings (SSSR count). The van der Waals surface area contributed by atoms with Crippen molar-refractivity contribution in [2.75, 3.05) is 13.2 Å². The molecule has 2 aliphatic rings. The van der Waals surface area contributed by atoms with Crippen LogP contribution in [0.4, 0.5) is 8.78 Å². The first-order valence-corrected chi connectivity index (χ1v) is 11.6. The third kappa shape index (κ3) is 4.13. The number of carbonyl (C=O) groups excluding carboxylic acids is 1. The van der Waals surface area contributed by atoms with Crippen LogP contribution in [0.1, 0.15) is 60.5 Å². The quantitative estimate of drug-likeness (QED) is 0.615. The minimum absolute atomic E-state index is 0.0604. The second kappa shape index (κ2) is 8.83. The number of aliphatic hydroxyl groups is 1. The Kier molecular flexibility index (Phi) is 5.88. The van der Waals surface area contributed by atoms with Gasteiger partial charge >= 0.3 is 0 Å². The average Bonchev–Trinajstić information content (AvgIpc) is 3.48. The van der Waals surface area contributed by atoms with Gasteiger partial charge in [-0.05, 0) is 75.4 Å². The number of hydrogen-bond acceptors (Lipinski definition) is 4. The molecule has 1 saturated carbocycles. The largest absolute Gasteiger partial charge is 0.394 e. The average molecular weight is 455 g/mol. The van der Waals surface area contributed by atoms with Crippen LogP contribution in [0.3, 0.4) is 0 Å². The molecule has 3 aromatic rings. The van der Waals surface area contributed by atoms with Crippen molar-refractivity contribution in [3.63, 3.8) is 0 Å². The summed E-state index contributed by atoms with van der Waals surface area (Å²) >= 11 is 0. The summed E-state index contributed by atoms with van der Waals surface area (Å²) in [6.07, 6.45) is 7.93. The number of likely N-dealkylation sites (tertiary alicyclic amines) is 1. The van der Waals surface area contributed by atoms with Crippen LogP contribution >= 0.6 is 0 Å². The molecule has 0 spiro atoms. The lowest BCUT2D eigenvalue weighted by atomic mass is 9.78. The van der Waals surface area contributed by atoms with E-state index in [1.54, 1.807) is 16.9 Å². The predicted molar refractivity (Wildman–Crippen MR) is 120 cm³/mol. The molecule has 2 N–H and O–H groups in total. The summed E-state index contributed by atoms with van der Waals surface area (Å²) in [6.45, 7) is 0.607. The molecule has 2 aromatic heterocycles. The molecule has 8 heteroatoms. The molecule has 3 heterocycles. The van der Waals surface area contributed by atoms with Crippen LogP contribution in [0.25, 0.3) is 5.52 Å². The first-order chi connectivity index (χ1) is 16.0. The number of benzene rings is 1. The van der Waals surface area contributed by atoms with Gasteiger partial charge in [-0.15, -0.1) is 0 Å². The lowest BCUT2D eigenvalue weighted by Gasteiger charge is -2.45. The first kappa shape index (κ1) is 22.0. The Hall–Kier alpha value is -2.84. The minimum atomic E-state index is -0.767. The van der Waals surface area contributed by atoms with Crippen LogP contribution < -0.4 is 5.32 Å². The van der Waals surface area contributed by atoms with E-state index in [0.29, 0.717) is 29.5 Å². The molecule has 1 amide bonds. The van der Waals surface area contributed by atoms with E-state index in [1.807, 2.05) is 18.2 Å². The lowest BCUT2D eigenvalue weighted by molar-refractivity contribution is 0.0465. The summed E-state index contributed by atoms with van der Waals surface area (Å²) in [5.74, 6) is -1.09. The number of rotatable bonds is 5. The molecule has 33 heavy (non-hydrogen) atoms. The topological polar surface area (TPSA) is 69.9 Å². The highest BCUT2D eigenvalue weighted by atomic mass is 19.1. The monoisotopic (exact) mass is 454 g/mol. The SMILES string of the molecule is O=C(N[C@]1(CO)CCC[C@@H](N2CCC[C@@H]2c2cc(F)ccc2F)C1)c1cnn2ccccc12. The van der Waals surface area contributed by atoms with Crippen molar-refractivity contribution in [1.82, 2.24) is 19.8 Å². The number of nitrogens with one attached hydrogen (secondary N) is 1. The number of aromatic nitrogens is 2. The fourth-order valence-corrected chi connectivity index (χ4v) is 5.66. The number of amides is 1. The lowest BCUT2D eigenvalue weighted by Crippen LogP contribution is -2.57. The summed E-state index contributed by atoms with van der Waals surface area (Å²) in [5, 5.41) is 17.7. The Morgan fingerprint density at radius 2 is 2.09 bits per heavy atom. The van der Waals surface area contributed by atoms with Gasteiger partial charge in [0, 0.05) is 23.8 Å². The van der Waals surface area contributed by atoms with Crippen molar-refractivity contribution < 1.29 is 18.7 Å². The standard InChI is InChI=1S/C25H28F2N4O2/c26-17-8-9-21(27)19(13-17)22-7-4-11-30(22)18-5-3-10-25(14-18,16-32)29-24(33)20-15-28-31-12-2-1-6-23(20)31/h1-2,6,8-9,12-13,15,18,22,32H,3-5,7,10-11,14,16H2,(H,29,33)/t18-,22-,25-/m1/s1. The Labute approximate surface area is 191 Å². The number of nitrogens with zero attached hydrogens (tertiary/aromatic N) is 3. The zero-order valence-electron chi connectivity index (χ0n) is 18.4. The van der Waals surface area contributed by atoms with Crippen LogP contribution in [0.5, 0.6) is 0 Å². The third-order valence-electron chi connectivity index (χ3n) is 7.25. The van der Waals surface area contributed by atoms with E-state index in [9.17, 15) is 18.7 Å². The van der Waals surface area contributed by atoms with Gasteiger partial charge in [0.2, 0.25) is 0 Å². The third-order valence-corrected chi connectivity index (χ3v) is 7.25. The normalized spacial score (nSPS) is 26.0. The van der Waals surface area contributed by atoms with Crippen LogP contribution in [-0.2, 0) is 0 Å². The van der Waals surface area contributed by atoms with Crippen molar-refractivity contribution in [3.05, 3.63) is 71.6 Å². The zero-order valence-corrected chi connectivity index (χ0v) is 18.4. The number of hydrogen-bond donors (Lipinski definition) is 2. The Bertz CT molecular complexity index is 1170. The molecule has 1 aliphatic carbocycles. The van der Waals surface area contributed by atoms with E-state index in [-0.39, 0.29) is 30.4 Å². The maximum absolute atomic E-state index is 14.5. The first-order valence-electron chi connectivity index (χ1n) is 11.6. The van der Waals surface area contributed by atoms with Crippen molar-refractivity contribution in [1.29, 1.82) is 0 Å². The molecule has 174 valence electrons. The van der Waals surface area contributed by atoms with Gasteiger partial charge in [0.1, 0.15) is 11.6 Å². The molecule has 1 aromatic carbocycles. The fraction of sp³-hybridized carbons (Fsp3) is 0.440. The number of fused-ring (bicyclic) bond motifs is 1. The zero-order chi connectivity index (χ0) is 23.0.